The number of aromatic nitrogens is 1. The summed E-state index contributed by atoms with van der Waals surface area (Å²) in [5.74, 6) is -0.231. The molecule has 1 aromatic carbocycles. The number of pyridine rings is 1. The van der Waals surface area contributed by atoms with Crippen molar-refractivity contribution in [3.8, 4) is 5.75 Å². The van der Waals surface area contributed by atoms with Crippen LogP contribution in [0.15, 0.2) is 52.2 Å². The normalized spacial score (nSPS) is 21.3. The summed E-state index contributed by atoms with van der Waals surface area (Å²) >= 11 is 1.45. The van der Waals surface area contributed by atoms with Gasteiger partial charge in [-0.05, 0) is 49.1 Å². The molecule has 2 aliphatic heterocycles. The highest BCUT2D eigenvalue weighted by Gasteiger charge is 2.41. The first-order valence-corrected chi connectivity index (χ1v) is 21.5. The maximum absolute atomic E-state index is 13.9. The van der Waals surface area contributed by atoms with E-state index in [0.717, 1.165) is 22.7 Å². The number of rotatable bonds is 12. The fraction of sp³-hybridized carbons (Fsp3) is 0.545. The summed E-state index contributed by atoms with van der Waals surface area (Å²) in [6.45, 7) is 14.8. The number of ketones is 1. The maximum Gasteiger partial charge on any atom is 0.309 e. The summed E-state index contributed by atoms with van der Waals surface area (Å²) in [6, 6.07) is 8.46. The van der Waals surface area contributed by atoms with Gasteiger partial charge in [0.05, 0.1) is 37.3 Å². The number of nitrogens with zero attached hydrogens (tertiary/aromatic N) is 2. The molecular formula is C33H46N2O7S2Si. The van der Waals surface area contributed by atoms with Gasteiger partial charge in [-0.2, -0.15) is 4.31 Å². The van der Waals surface area contributed by atoms with Crippen LogP contribution in [-0.4, -0.2) is 69.1 Å². The molecule has 2 aromatic rings. The Kier molecular flexibility index (Phi) is 11.3. The molecule has 3 heterocycles. The predicted molar refractivity (Wildman–Crippen MR) is 179 cm³/mol. The van der Waals surface area contributed by atoms with E-state index in [1.54, 1.807) is 13.2 Å². The lowest BCUT2D eigenvalue weighted by Crippen LogP contribution is -2.36. The first kappa shape index (κ1) is 35.2. The molecule has 4 atom stereocenters. The number of ether oxygens (including phenoxy) is 3. The van der Waals surface area contributed by atoms with E-state index >= 15 is 0 Å². The third-order valence-electron chi connectivity index (χ3n) is 8.51. The molecule has 0 aliphatic carbocycles. The van der Waals surface area contributed by atoms with E-state index in [-0.39, 0.29) is 47.0 Å². The molecule has 1 unspecified atom stereocenters. The zero-order valence-corrected chi connectivity index (χ0v) is 30.2. The van der Waals surface area contributed by atoms with Crippen molar-refractivity contribution in [3.63, 3.8) is 0 Å². The van der Waals surface area contributed by atoms with Crippen molar-refractivity contribution in [1.29, 1.82) is 0 Å². The van der Waals surface area contributed by atoms with Crippen LogP contribution in [0.4, 0.5) is 0 Å². The lowest BCUT2D eigenvalue weighted by molar-refractivity contribution is -0.148. The van der Waals surface area contributed by atoms with E-state index in [9.17, 15) is 18.0 Å². The second-order valence-electron chi connectivity index (χ2n) is 13.1. The van der Waals surface area contributed by atoms with Crippen molar-refractivity contribution in [2.75, 3.05) is 20.3 Å². The van der Waals surface area contributed by atoms with Gasteiger partial charge < -0.3 is 14.2 Å². The number of benzene rings is 1. The number of hydrogen-bond donors (Lipinski definition) is 0. The molecule has 0 N–H and O–H groups in total. The zero-order chi connectivity index (χ0) is 33.1. The molecule has 2 aliphatic rings. The second-order valence-corrected chi connectivity index (χ2v) is 21.9. The summed E-state index contributed by atoms with van der Waals surface area (Å²) in [5.41, 5.74) is 2.65. The molecule has 0 saturated heterocycles. The summed E-state index contributed by atoms with van der Waals surface area (Å²) in [4.78, 5) is 30.7. The Morgan fingerprint density at radius 2 is 1.96 bits per heavy atom. The molecule has 45 heavy (non-hydrogen) atoms. The highest BCUT2D eigenvalue weighted by atomic mass is 32.2. The van der Waals surface area contributed by atoms with E-state index in [2.05, 4.69) is 24.6 Å². The zero-order valence-electron chi connectivity index (χ0n) is 27.6. The number of sulfonamides is 1. The molecule has 12 heteroatoms. The molecule has 0 spiro atoms. The van der Waals surface area contributed by atoms with Crippen LogP contribution in [0, 0.1) is 12.8 Å². The second kappa shape index (κ2) is 14.4. The molecule has 0 radical (unpaired) electrons. The van der Waals surface area contributed by atoms with Gasteiger partial charge in [-0.15, -0.1) is 11.8 Å². The van der Waals surface area contributed by atoms with E-state index < -0.39 is 24.0 Å². The maximum atomic E-state index is 13.9. The van der Waals surface area contributed by atoms with Gasteiger partial charge in [0.15, 0.2) is 5.78 Å². The van der Waals surface area contributed by atoms with Gasteiger partial charge in [-0.3, -0.25) is 14.6 Å². The van der Waals surface area contributed by atoms with Crippen molar-refractivity contribution in [2.24, 2.45) is 5.92 Å². The number of carbonyl (C=O) groups is 2. The minimum absolute atomic E-state index is 0.0552. The third kappa shape index (κ3) is 8.19. The summed E-state index contributed by atoms with van der Waals surface area (Å²) in [6.07, 6.45) is 3.69. The molecule has 0 bridgehead atoms. The van der Waals surface area contributed by atoms with Gasteiger partial charge >= 0.3 is 5.97 Å². The fourth-order valence-electron chi connectivity index (χ4n) is 5.71. The van der Waals surface area contributed by atoms with Crippen molar-refractivity contribution >= 4 is 41.6 Å². The van der Waals surface area contributed by atoms with Gasteiger partial charge in [0.2, 0.25) is 10.0 Å². The SMILES string of the molecule is CC[C@@H]1CN(Cc2cc([C@@H](C3CC(OC)=C(C(C)=O)S3)[C@@H](C)C(=O)OCC[Si](C)(C)C)ccc2C)S(=O)(=O)c2cnccc2O1. The summed E-state index contributed by atoms with van der Waals surface area (Å²) in [7, 11) is -3.73. The first-order valence-electron chi connectivity index (χ1n) is 15.5. The van der Waals surface area contributed by atoms with Gasteiger partial charge in [0, 0.05) is 38.4 Å². The van der Waals surface area contributed by atoms with Crippen molar-refractivity contribution in [1.82, 2.24) is 9.29 Å². The number of carbonyl (C=O) groups excluding carboxylic acids is 2. The van der Waals surface area contributed by atoms with Gasteiger partial charge in [-0.25, -0.2) is 8.42 Å². The van der Waals surface area contributed by atoms with Gasteiger partial charge in [0.1, 0.15) is 22.5 Å². The van der Waals surface area contributed by atoms with Gasteiger partial charge in [0.25, 0.3) is 0 Å². The van der Waals surface area contributed by atoms with E-state index in [0.29, 0.717) is 35.9 Å². The molecule has 0 saturated carbocycles. The average Bonchev–Trinajstić information content (AvgIpc) is 3.37. The average molecular weight is 675 g/mol. The molecule has 0 amide bonds. The minimum atomic E-state index is -3.90. The summed E-state index contributed by atoms with van der Waals surface area (Å²) < 4.78 is 46.7. The van der Waals surface area contributed by atoms with E-state index in [4.69, 9.17) is 14.2 Å². The van der Waals surface area contributed by atoms with Crippen LogP contribution >= 0.6 is 11.8 Å². The number of Topliss-reactive ketones (excluding diaryl/α,β-unsaturated/α-hetero) is 1. The number of allylic oxidation sites excluding steroid dienone is 2. The van der Waals surface area contributed by atoms with Crippen molar-refractivity contribution < 1.29 is 32.2 Å². The lowest BCUT2D eigenvalue weighted by atomic mass is 9.82. The molecule has 4 rings (SSSR count). The largest absolute Gasteiger partial charge is 0.500 e. The third-order valence-corrected chi connectivity index (χ3v) is 13.5. The van der Waals surface area contributed by atoms with E-state index in [1.165, 1.54) is 35.4 Å². The number of esters is 1. The van der Waals surface area contributed by atoms with Crippen molar-refractivity contribution in [3.05, 3.63) is 64.0 Å². The number of methoxy groups -OCH3 is 1. The molecule has 246 valence electrons. The Morgan fingerprint density at radius 3 is 2.58 bits per heavy atom. The van der Waals surface area contributed by atoms with Crippen LogP contribution < -0.4 is 4.74 Å². The Morgan fingerprint density at radius 1 is 1.22 bits per heavy atom. The Bertz CT molecular complexity index is 1550. The first-order chi connectivity index (χ1) is 21.2. The number of aryl methyl sites for hydroxylation is 1. The van der Waals surface area contributed by atoms with Crippen LogP contribution in [0.3, 0.4) is 0 Å². The van der Waals surface area contributed by atoms with Crippen LogP contribution in [0.1, 0.15) is 56.2 Å². The quantitative estimate of drug-likeness (QED) is 0.189. The number of thioether (sulfide) groups is 1. The monoisotopic (exact) mass is 674 g/mol. The highest BCUT2D eigenvalue weighted by molar-refractivity contribution is 8.04. The Balaban J connectivity index is 1.70. The smallest absolute Gasteiger partial charge is 0.309 e. The Labute approximate surface area is 273 Å². The molecular weight excluding hydrogens is 629 g/mol. The van der Waals surface area contributed by atoms with Crippen LogP contribution in [0.2, 0.25) is 25.7 Å². The summed E-state index contributed by atoms with van der Waals surface area (Å²) in [5, 5.41) is -0.147. The lowest BCUT2D eigenvalue weighted by Gasteiger charge is -2.30. The van der Waals surface area contributed by atoms with E-state index in [1.807, 2.05) is 39.0 Å². The highest BCUT2D eigenvalue weighted by Crippen LogP contribution is 2.48. The Hall–Kier alpha value is -2.67. The van der Waals surface area contributed by atoms with Crippen LogP contribution in [0.25, 0.3) is 0 Å². The van der Waals surface area contributed by atoms with Crippen LogP contribution in [-0.2, 0) is 35.6 Å². The predicted octanol–water partition coefficient (Wildman–Crippen LogP) is 6.31. The molecule has 9 nitrogen and oxygen atoms in total. The standard InChI is InChI=1S/C33H46N2O7S2Si/c1-9-26-20-35(44(38,39)30-18-34-13-12-27(30)42-26)19-25-16-24(11-10-21(25)2)31(22(3)33(37)41-14-15-45(6,7)8)29-17-28(40-5)32(43-29)23(4)36/h10-13,16,18,22,26,29,31H,9,14-15,17,19-20H2,1-8H3/t22-,26-,29?,31+/m1/s1. The van der Waals surface area contributed by atoms with Gasteiger partial charge in [-0.1, -0.05) is 51.7 Å². The molecule has 1 aromatic heterocycles. The molecule has 0 fully saturated rings. The minimum Gasteiger partial charge on any atom is -0.500 e. The topological polar surface area (TPSA) is 112 Å². The fourth-order valence-corrected chi connectivity index (χ4v) is 9.48. The van der Waals surface area contributed by atoms with Crippen LogP contribution in [0.5, 0.6) is 5.75 Å². The number of hydrogen-bond acceptors (Lipinski definition) is 9. The van der Waals surface area contributed by atoms with Crippen molar-refractivity contribution in [2.45, 2.75) is 94.9 Å². The number of fused-ring (bicyclic) bond motifs is 1.